The summed E-state index contributed by atoms with van der Waals surface area (Å²) in [6.45, 7) is 4.22. The SMILES string of the molecule is CCN(Cc1nnc(N)s1)C1CCCCC1. The molecule has 5 heteroatoms. The van der Waals surface area contributed by atoms with Gasteiger partial charge in [-0.1, -0.05) is 37.5 Å². The minimum Gasteiger partial charge on any atom is -0.374 e. The number of nitrogens with zero attached hydrogens (tertiary/aromatic N) is 3. The minimum absolute atomic E-state index is 0.578. The fourth-order valence-electron chi connectivity index (χ4n) is 2.45. The van der Waals surface area contributed by atoms with E-state index in [1.807, 2.05) is 0 Å². The summed E-state index contributed by atoms with van der Waals surface area (Å²) < 4.78 is 0. The Bertz CT molecular complexity index is 320. The van der Waals surface area contributed by atoms with Crippen LogP contribution in [0.3, 0.4) is 0 Å². The zero-order valence-electron chi connectivity index (χ0n) is 9.85. The van der Waals surface area contributed by atoms with Gasteiger partial charge in [0, 0.05) is 6.04 Å². The van der Waals surface area contributed by atoms with Crippen LogP contribution in [-0.2, 0) is 6.54 Å². The first-order chi connectivity index (χ1) is 7.79. The van der Waals surface area contributed by atoms with Crippen molar-refractivity contribution in [3.8, 4) is 0 Å². The lowest BCUT2D eigenvalue weighted by Gasteiger charge is -2.32. The minimum atomic E-state index is 0.578. The molecule has 1 aromatic rings. The fraction of sp³-hybridized carbons (Fsp3) is 0.818. The highest BCUT2D eigenvalue weighted by molar-refractivity contribution is 7.15. The molecule has 1 aromatic heterocycles. The number of nitrogen functional groups attached to an aromatic ring is 1. The van der Waals surface area contributed by atoms with Crippen LogP contribution >= 0.6 is 11.3 Å². The van der Waals surface area contributed by atoms with Crippen molar-refractivity contribution in [2.24, 2.45) is 0 Å². The second-order valence-electron chi connectivity index (χ2n) is 4.39. The van der Waals surface area contributed by atoms with Gasteiger partial charge >= 0.3 is 0 Å². The molecule has 90 valence electrons. The molecule has 1 aliphatic rings. The molecule has 0 spiro atoms. The van der Waals surface area contributed by atoms with Crippen molar-refractivity contribution in [2.45, 2.75) is 51.6 Å². The highest BCUT2D eigenvalue weighted by Crippen LogP contribution is 2.24. The van der Waals surface area contributed by atoms with Crippen molar-refractivity contribution < 1.29 is 0 Å². The van der Waals surface area contributed by atoms with E-state index in [2.05, 4.69) is 22.0 Å². The van der Waals surface area contributed by atoms with E-state index in [0.717, 1.165) is 24.1 Å². The molecule has 2 rings (SSSR count). The molecule has 0 aromatic carbocycles. The molecule has 0 saturated heterocycles. The lowest BCUT2D eigenvalue weighted by atomic mass is 9.94. The highest BCUT2D eigenvalue weighted by atomic mass is 32.1. The summed E-state index contributed by atoms with van der Waals surface area (Å²) in [6.07, 6.45) is 6.82. The van der Waals surface area contributed by atoms with Crippen LogP contribution in [0.1, 0.15) is 44.0 Å². The van der Waals surface area contributed by atoms with Crippen molar-refractivity contribution >= 4 is 16.5 Å². The van der Waals surface area contributed by atoms with Gasteiger partial charge in [0.05, 0.1) is 6.54 Å². The van der Waals surface area contributed by atoms with E-state index < -0.39 is 0 Å². The number of hydrogen-bond donors (Lipinski definition) is 1. The molecule has 2 N–H and O–H groups in total. The van der Waals surface area contributed by atoms with Gasteiger partial charge < -0.3 is 5.73 Å². The number of anilines is 1. The normalized spacial score (nSPS) is 18.1. The largest absolute Gasteiger partial charge is 0.374 e. The lowest BCUT2D eigenvalue weighted by Crippen LogP contribution is -2.36. The van der Waals surface area contributed by atoms with Crippen molar-refractivity contribution in [1.29, 1.82) is 0 Å². The van der Waals surface area contributed by atoms with Gasteiger partial charge in [-0.2, -0.15) is 0 Å². The zero-order chi connectivity index (χ0) is 11.4. The van der Waals surface area contributed by atoms with Crippen molar-refractivity contribution in [3.63, 3.8) is 0 Å². The lowest BCUT2D eigenvalue weighted by molar-refractivity contribution is 0.155. The quantitative estimate of drug-likeness (QED) is 0.877. The summed E-state index contributed by atoms with van der Waals surface area (Å²) in [4.78, 5) is 2.51. The monoisotopic (exact) mass is 240 g/mol. The van der Waals surface area contributed by atoms with Crippen LogP contribution in [0.2, 0.25) is 0 Å². The van der Waals surface area contributed by atoms with Crippen LogP contribution in [0.15, 0.2) is 0 Å². The topological polar surface area (TPSA) is 55.0 Å². The van der Waals surface area contributed by atoms with Gasteiger partial charge in [-0.05, 0) is 19.4 Å². The number of hydrogen-bond acceptors (Lipinski definition) is 5. The Labute approximate surface area is 101 Å². The van der Waals surface area contributed by atoms with E-state index >= 15 is 0 Å². The maximum Gasteiger partial charge on any atom is 0.203 e. The van der Waals surface area contributed by atoms with Gasteiger partial charge in [-0.3, -0.25) is 4.90 Å². The Morgan fingerprint density at radius 1 is 1.31 bits per heavy atom. The Balaban J connectivity index is 1.94. The summed E-state index contributed by atoms with van der Waals surface area (Å²) in [5.74, 6) is 0. The smallest absolute Gasteiger partial charge is 0.203 e. The van der Waals surface area contributed by atoms with Crippen LogP contribution < -0.4 is 5.73 Å². The molecule has 0 atom stereocenters. The third-order valence-corrected chi connectivity index (χ3v) is 4.06. The second kappa shape index (κ2) is 5.59. The summed E-state index contributed by atoms with van der Waals surface area (Å²) >= 11 is 1.51. The summed E-state index contributed by atoms with van der Waals surface area (Å²) in [5.41, 5.74) is 5.60. The van der Waals surface area contributed by atoms with E-state index in [-0.39, 0.29) is 0 Å². The Kier molecular flexibility index (Phi) is 4.12. The maximum atomic E-state index is 5.60. The highest BCUT2D eigenvalue weighted by Gasteiger charge is 2.20. The Hall–Kier alpha value is -0.680. The number of aromatic nitrogens is 2. The van der Waals surface area contributed by atoms with Gasteiger partial charge in [0.25, 0.3) is 0 Å². The molecule has 0 amide bonds. The average molecular weight is 240 g/mol. The van der Waals surface area contributed by atoms with Gasteiger partial charge in [0.1, 0.15) is 5.01 Å². The average Bonchev–Trinajstić information content (AvgIpc) is 2.73. The van der Waals surface area contributed by atoms with Crippen LogP contribution in [0.25, 0.3) is 0 Å². The molecule has 1 aliphatic carbocycles. The first-order valence-corrected chi connectivity index (χ1v) is 6.93. The third kappa shape index (κ3) is 2.92. The van der Waals surface area contributed by atoms with Crippen molar-refractivity contribution in [1.82, 2.24) is 15.1 Å². The van der Waals surface area contributed by atoms with Gasteiger partial charge in [-0.15, -0.1) is 10.2 Å². The van der Waals surface area contributed by atoms with Crippen LogP contribution in [0.4, 0.5) is 5.13 Å². The predicted molar refractivity (Wildman–Crippen MR) is 67.3 cm³/mol. The standard InChI is InChI=1S/C11H20N4S/c1-2-15(9-6-4-3-5-7-9)8-10-13-14-11(12)16-10/h9H,2-8H2,1H3,(H2,12,14). The molecule has 0 unspecified atom stereocenters. The second-order valence-corrected chi connectivity index (χ2v) is 5.48. The van der Waals surface area contributed by atoms with Gasteiger partial charge in [0.2, 0.25) is 5.13 Å². The predicted octanol–water partition coefficient (Wildman–Crippen LogP) is 2.27. The molecule has 1 heterocycles. The van der Waals surface area contributed by atoms with E-state index in [9.17, 15) is 0 Å². The van der Waals surface area contributed by atoms with Crippen LogP contribution in [-0.4, -0.2) is 27.7 Å². The molecule has 1 saturated carbocycles. The summed E-state index contributed by atoms with van der Waals surface area (Å²) in [6, 6.07) is 0.740. The molecular formula is C11H20N4S. The van der Waals surface area contributed by atoms with Crippen LogP contribution in [0, 0.1) is 0 Å². The maximum absolute atomic E-state index is 5.60. The van der Waals surface area contributed by atoms with Gasteiger partial charge in [-0.25, -0.2) is 0 Å². The summed E-state index contributed by atoms with van der Waals surface area (Å²) in [5, 5.41) is 9.59. The van der Waals surface area contributed by atoms with E-state index in [4.69, 9.17) is 5.73 Å². The number of nitrogens with two attached hydrogens (primary N) is 1. The first-order valence-electron chi connectivity index (χ1n) is 6.11. The first kappa shape index (κ1) is 11.8. The molecule has 0 aliphatic heterocycles. The molecule has 0 bridgehead atoms. The van der Waals surface area contributed by atoms with E-state index in [1.54, 1.807) is 0 Å². The number of rotatable bonds is 4. The Morgan fingerprint density at radius 2 is 2.06 bits per heavy atom. The van der Waals surface area contributed by atoms with Crippen molar-refractivity contribution in [3.05, 3.63) is 5.01 Å². The molecular weight excluding hydrogens is 220 g/mol. The zero-order valence-corrected chi connectivity index (χ0v) is 10.7. The molecule has 4 nitrogen and oxygen atoms in total. The van der Waals surface area contributed by atoms with Crippen LogP contribution in [0.5, 0.6) is 0 Å². The molecule has 0 radical (unpaired) electrons. The van der Waals surface area contributed by atoms with Crippen molar-refractivity contribution in [2.75, 3.05) is 12.3 Å². The molecule has 1 fully saturated rings. The Morgan fingerprint density at radius 3 is 2.62 bits per heavy atom. The van der Waals surface area contributed by atoms with E-state index in [1.165, 1.54) is 43.4 Å². The van der Waals surface area contributed by atoms with Gasteiger partial charge in [0.15, 0.2) is 0 Å². The van der Waals surface area contributed by atoms with E-state index in [0.29, 0.717) is 5.13 Å². The fourth-order valence-corrected chi connectivity index (χ4v) is 3.08. The molecule has 16 heavy (non-hydrogen) atoms. The third-order valence-electron chi connectivity index (χ3n) is 3.32. The summed E-state index contributed by atoms with van der Waals surface area (Å²) in [7, 11) is 0.